The zero-order chi connectivity index (χ0) is 16.8. The van der Waals surface area contributed by atoms with Crippen molar-refractivity contribution < 1.29 is 19.8 Å². The molecule has 8 heteroatoms. The fourth-order valence-corrected chi connectivity index (χ4v) is 3.05. The summed E-state index contributed by atoms with van der Waals surface area (Å²) in [6, 6.07) is -0.188. The Hall–Kier alpha value is -1.22. The second-order valence-electron chi connectivity index (χ2n) is 6.64. The highest BCUT2D eigenvalue weighted by Gasteiger charge is 2.28. The summed E-state index contributed by atoms with van der Waals surface area (Å²) in [5.74, 6) is -0.686. The number of aliphatic hydroxyl groups excluding tert-OH is 2. The van der Waals surface area contributed by atoms with Gasteiger partial charge in [0.05, 0.1) is 24.0 Å². The number of carbonyl (C=O) groups is 2. The summed E-state index contributed by atoms with van der Waals surface area (Å²) in [6.07, 6.45) is -0.0454. The van der Waals surface area contributed by atoms with Gasteiger partial charge in [0.25, 0.3) is 0 Å². The van der Waals surface area contributed by atoms with E-state index in [1.807, 2.05) is 6.92 Å². The highest BCUT2D eigenvalue weighted by atomic mass is 16.3. The molecule has 4 unspecified atom stereocenters. The van der Waals surface area contributed by atoms with Crippen LogP contribution in [0.5, 0.6) is 0 Å². The van der Waals surface area contributed by atoms with E-state index in [-0.39, 0.29) is 29.7 Å². The summed E-state index contributed by atoms with van der Waals surface area (Å²) in [7, 11) is 0. The molecule has 2 aliphatic heterocycles. The number of rotatable bonds is 5. The molecule has 2 heterocycles. The first-order valence-electron chi connectivity index (χ1n) is 8.31. The SMILES string of the molecule is C[C@@H](CNC(=O)C1CNCC(O)C1)NC(=O)C1CNCC(O)C1. The van der Waals surface area contributed by atoms with Crippen LogP contribution in [0.3, 0.4) is 0 Å². The summed E-state index contributed by atoms with van der Waals surface area (Å²) in [6.45, 7) is 4.36. The summed E-state index contributed by atoms with van der Waals surface area (Å²) in [5.41, 5.74) is 0. The molecule has 132 valence electrons. The maximum absolute atomic E-state index is 12.1. The van der Waals surface area contributed by atoms with Gasteiger partial charge in [-0.2, -0.15) is 0 Å². The van der Waals surface area contributed by atoms with Gasteiger partial charge < -0.3 is 31.5 Å². The molecule has 0 spiro atoms. The molecule has 0 aliphatic carbocycles. The lowest BCUT2D eigenvalue weighted by Gasteiger charge is -2.28. The van der Waals surface area contributed by atoms with Crippen molar-refractivity contribution >= 4 is 11.8 Å². The van der Waals surface area contributed by atoms with E-state index in [4.69, 9.17) is 0 Å². The van der Waals surface area contributed by atoms with E-state index in [0.29, 0.717) is 45.6 Å². The molecule has 0 aromatic carbocycles. The quantitative estimate of drug-likeness (QED) is 0.333. The van der Waals surface area contributed by atoms with Crippen molar-refractivity contribution in [3.63, 3.8) is 0 Å². The molecule has 5 atom stereocenters. The van der Waals surface area contributed by atoms with Crippen LogP contribution in [0.4, 0.5) is 0 Å². The summed E-state index contributed by atoms with van der Waals surface area (Å²) in [4.78, 5) is 24.2. The van der Waals surface area contributed by atoms with Crippen LogP contribution in [-0.4, -0.2) is 73.0 Å². The van der Waals surface area contributed by atoms with Crippen LogP contribution in [0.25, 0.3) is 0 Å². The number of amides is 2. The minimum Gasteiger partial charge on any atom is -0.392 e. The summed E-state index contributed by atoms with van der Waals surface area (Å²) in [5, 5.41) is 30.9. The maximum Gasteiger partial charge on any atom is 0.224 e. The third-order valence-corrected chi connectivity index (χ3v) is 4.37. The van der Waals surface area contributed by atoms with Gasteiger partial charge in [-0.1, -0.05) is 0 Å². The number of β-amino-alcohol motifs (C(OH)–C–C–N with tert-alkyl or cyclic N) is 2. The third kappa shape index (κ3) is 5.72. The van der Waals surface area contributed by atoms with Crippen molar-refractivity contribution in [3.8, 4) is 0 Å². The van der Waals surface area contributed by atoms with Crippen LogP contribution >= 0.6 is 0 Å². The molecule has 0 aromatic rings. The topological polar surface area (TPSA) is 123 Å². The monoisotopic (exact) mass is 328 g/mol. The van der Waals surface area contributed by atoms with Crippen LogP contribution in [0.15, 0.2) is 0 Å². The van der Waals surface area contributed by atoms with Crippen LogP contribution in [0.1, 0.15) is 19.8 Å². The van der Waals surface area contributed by atoms with Crippen molar-refractivity contribution in [1.29, 1.82) is 0 Å². The van der Waals surface area contributed by atoms with E-state index in [9.17, 15) is 19.8 Å². The molecule has 2 aliphatic rings. The Labute approximate surface area is 136 Å². The van der Waals surface area contributed by atoms with Crippen molar-refractivity contribution in [2.45, 2.75) is 38.0 Å². The lowest BCUT2D eigenvalue weighted by atomic mass is 9.96. The predicted molar refractivity (Wildman–Crippen MR) is 84.6 cm³/mol. The highest BCUT2D eigenvalue weighted by molar-refractivity contribution is 5.80. The largest absolute Gasteiger partial charge is 0.392 e. The smallest absolute Gasteiger partial charge is 0.224 e. The molecule has 2 rings (SSSR count). The van der Waals surface area contributed by atoms with Gasteiger partial charge in [0.15, 0.2) is 0 Å². The van der Waals surface area contributed by atoms with Gasteiger partial charge in [-0.05, 0) is 19.8 Å². The van der Waals surface area contributed by atoms with Crippen molar-refractivity contribution in [1.82, 2.24) is 21.3 Å². The van der Waals surface area contributed by atoms with Gasteiger partial charge in [-0.15, -0.1) is 0 Å². The molecule has 2 saturated heterocycles. The van der Waals surface area contributed by atoms with E-state index < -0.39 is 12.2 Å². The highest BCUT2D eigenvalue weighted by Crippen LogP contribution is 2.12. The van der Waals surface area contributed by atoms with E-state index in [1.165, 1.54) is 0 Å². The molecule has 0 aromatic heterocycles. The minimum atomic E-state index is -0.486. The number of hydrogen-bond acceptors (Lipinski definition) is 6. The van der Waals surface area contributed by atoms with Crippen LogP contribution < -0.4 is 21.3 Å². The Kier molecular flexibility index (Phi) is 6.76. The molecular weight excluding hydrogens is 300 g/mol. The first-order chi connectivity index (χ1) is 11.0. The average molecular weight is 328 g/mol. The number of nitrogens with one attached hydrogen (secondary N) is 4. The molecule has 23 heavy (non-hydrogen) atoms. The van der Waals surface area contributed by atoms with Crippen LogP contribution in [-0.2, 0) is 9.59 Å². The maximum atomic E-state index is 12.1. The van der Waals surface area contributed by atoms with Gasteiger partial charge >= 0.3 is 0 Å². The lowest BCUT2D eigenvalue weighted by Crippen LogP contribution is -2.51. The van der Waals surface area contributed by atoms with E-state index in [0.717, 1.165) is 0 Å². The van der Waals surface area contributed by atoms with Crippen molar-refractivity contribution in [3.05, 3.63) is 0 Å². The minimum absolute atomic E-state index is 0.104. The van der Waals surface area contributed by atoms with E-state index in [1.54, 1.807) is 0 Å². The molecule has 0 bridgehead atoms. The Morgan fingerprint density at radius 1 is 1.00 bits per heavy atom. The second-order valence-corrected chi connectivity index (χ2v) is 6.64. The van der Waals surface area contributed by atoms with Gasteiger partial charge in [0.2, 0.25) is 11.8 Å². The Morgan fingerprint density at radius 2 is 1.52 bits per heavy atom. The van der Waals surface area contributed by atoms with E-state index in [2.05, 4.69) is 21.3 Å². The average Bonchev–Trinajstić information content (AvgIpc) is 2.52. The summed E-state index contributed by atoms with van der Waals surface area (Å²) < 4.78 is 0. The van der Waals surface area contributed by atoms with Crippen LogP contribution in [0.2, 0.25) is 0 Å². The van der Waals surface area contributed by atoms with Crippen molar-refractivity contribution in [2.75, 3.05) is 32.7 Å². The molecule has 0 radical (unpaired) electrons. The van der Waals surface area contributed by atoms with Gasteiger partial charge in [-0.25, -0.2) is 0 Å². The first-order valence-corrected chi connectivity index (χ1v) is 8.31. The number of hydrogen-bond donors (Lipinski definition) is 6. The molecule has 8 nitrogen and oxygen atoms in total. The predicted octanol–water partition coefficient (Wildman–Crippen LogP) is -2.45. The molecule has 2 fully saturated rings. The van der Waals surface area contributed by atoms with Gasteiger partial charge in [-0.3, -0.25) is 9.59 Å². The van der Waals surface area contributed by atoms with Crippen molar-refractivity contribution in [2.24, 2.45) is 11.8 Å². The zero-order valence-corrected chi connectivity index (χ0v) is 13.5. The fourth-order valence-electron chi connectivity index (χ4n) is 3.05. The molecule has 0 saturated carbocycles. The third-order valence-electron chi connectivity index (χ3n) is 4.37. The van der Waals surface area contributed by atoms with Crippen LogP contribution in [0, 0.1) is 11.8 Å². The molecular formula is C15H28N4O4. The van der Waals surface area contributed by atoms with E-state index >= 15 is 0 Å². The molecule has 6 N–H and O–H groups in total. The number of aliphatic hydroxyl groups is 2. The normalized spacial score (nSPS) is 32.8. The number of piperidine rings is 2. The lowest BCUT2D eigenvalue weighted by molar-refractivity contribution is -0.129. The molecule has 2 amide bonds. The Balaban J connectivity index is 1.68. The first kappa shape index (κ1) is 18.1. The Bertz CT molecular complexity index is 420. The summed E-state index contributed by atoms with van der Waals surface area (Å²) >= 11 is 0. The number of carbonyl (C=O) groups excluding carboxylic acids is 2. The fraction of sp³-hybridized carbons (Fsp3) is 0.867. The second kappa shape index (κ2) is 8.58. The van der Waals surface area contributed by atoms with Gasteiger partial charge in [0, 0.05) is 38.8 Å². The standard InChI is InChI=1S/C15H28N4O4/c1-9(19-15(23)11-3-13(21)8-17-6-11)4-18-14(22)10-2-12(20)7-16-5-10/h9-13,16-17,20-21H,2-8H2,1H3,(H,18,22)(H,19,23)/t9-,10?,11?,12?,13?/m0/s1. The zero-order valence-electron chi connectivity index (χ0n) is 13.5. The van der Waals surface area contributed by atoms with Gasteiger partial charge in [0.1, 0.15) is 0 Å². The Morgan fingerprint density at radius 3 is 2.04 bits per heavy atom.